The maximum Gasteiger partial charge on any atom is 0.320 e. The van der Waals surface area contributed by atoms with Crippen LogP contribution in [0.1, 0.15) is 12.5 Å². The van der Waals surface area contributed by atoms with Gasteiger partial charge in [0.1, 0.15) is 12.6 Å². The predicted octanol–water partition coefficient (Wildman–Crippen LogP) is 0.792. The fraction of sp³-hybridized carbons (Fsp3) is 0.333. The normalized spacial score (nSPS) is 11.8. The summed E-state index contributed by atoms with van der Waals surface area (Å²) in [5.41, 5.74) is 0.895. The number of hydrogen-bond acceptors (Lipinski definition) is 4. The zero-order valence-corrected chi connectivity index (χ0v) is 9.55. The van der Waals surface area contributed by atoms with E-state index >= 15 is 0 Å². The van der Waals surface area contributed by atoms with Crippen molar-refractivity contribution in [3.05, 3.63) is 35.9 Å². The summed E-state index contributed by atoms with van der Waals surface area (Å²) in [5.74, 6) is -1.47. The quantitative estimate of drug-likeness (QED) is 0.715. The molecule has 0 aliphatic heterocycles. The molecule has 0 saturated heterocycles. The first-order chi connectivity index (χ1) is 8.09. The fourth-order valence-corrected chi connectivity index (χ4v) is 1.11. The highest BCUT2D eigenvalue weighted by Crippen LogP contribution is 2.00. The van der Waals surface area contributed by atoms with Crippen molar-refractivity contribution in [2.45, 2.75) is 19.6 Å². The maximum absolute atomic E-state index is 11.3. The number of ether oxygens (including phenoxy) is 1. The van der Waals surface area contributed by atoms with Gasteiger partial charge < -0.3 is 9.84 Å². The number of carbonyl (C=O) groups excluding carboxylic acids is 1. The summed E-state index contributed by atoms with van der Waals surface area (Å²) in [6, 6.07) is 8.52. The van der Waals surface area contributed by atoms with Gasteiger partial charge in [0, 0.05) is 0 Å². The Morgan fingerprint density at radius 3 is 2.59 bits per heavy atom. The molecule has 0 heterocycles. The molecule has 0 spiro atoms. The molecule has 0 aliphatic rings. The lowest BCUT2D eigenvalue weighted by Crippen LogP contribution is -2.37. The molecule has 5 heteroatoms. The number of nitrogens with one attached hydrogen (secondary N) is 1. The molecule has 0 amide bonds. The topological polar surface area (TPSA) is 75.6 Å². The third-order valence-electron chi connectivity index (χ3n) is 2.17. The first-order valence-electron chi connectivity index (χ1n) is 5.25. The Kier molecular flexibility index (Phi) is 5.16. The van der Waals surface area contributed by atoms with E-state index in [0.29, 0.717) is 0 Å². The summed E-state index contributed by atoms with van der Waals surface area (Å²) in [6.45, 7) is 1.55. The lowest BCUT2D eigenvalue weighted by atomic mass is 10.2. The molecule has 5 nitrogen and oxygen atoms in total. The van der Waals surface area contributed by atoms with E-state index in [0.717, 1.165) is 5.56 Å². The van der Waals surface area contributed by atoms with Gasteiger partial charge in [-0.15, -0.1) is 0 Å². The van der Waals surface area contributed by atoms with Crippen LogP contribution in [-0.4, -0.2) is 29.6 Å². The highest BCUT2D eigenvalue weighted by Gasteiger charge is 2.12. The van der Waals surface area contributed by atoms with Gasteiger partial charge in [0.2, 0.25) is 0 Å². The van der Waals surface area contributed by atoms with E-state index in [2.05, 4.69) is 5.32 Å². The van der Waals surface area contributed by atoms with Crippen molar-refractivity contribution in [2.75, 3.05) is 6.54 Å². The van der Waals surface area contributed by atoms with E-state index in [-0.39, 0.29) is 13.2 Å². The molecule has 0 unspecified atom stereocenters. The molecule has 0 radical (unpaired) electrons. The number of hydrogen-bond donors (Lipinski definition) is 2. The lowest BCUT2D eigenvalue weighted by Gasteiger charge is -2.09. The van der Waals surface area contributed by atoms with E-state index < -0.39 is 18.0 Å². The minimum absolute atomic E-state index is 0.111. The van der Waals surface area contributed by atoms with Crippen LogP contribution < -0.4 is 5.32 Å². The first kappa shape index (κ1) is 13.2. The molecule has 0 saturated carbocycles. The second-order valence-corrected chi connectivity index (χ2v) is 3.59. The largest absolute Gasteiger partial charge is 0.480 e. The Labute approximate surface area is 99.4 Å². The van der Waals surface area contributed by atoms with E-state index in [4.69, 9.17) is 9.84 Å². The van der Waals surface area contributed by atoms with Crippen LogP contribution in [0, 0.1) is 0 Å². The van der Waals surface area contributed by atoms with Crippen LogP contribution in [0.2, 0.25) is 0 Å². The number of aliphatic carboxylic acids is 1. The van der Waals surface area contributed by atoms with Crippen LogP contribution >= 0.6 is 0 Å². The number of carboxylic acid groups (broad SMARTS) is 1. The van der Waals surface area contributed by atoms with Gasteiger partial charge >= 0.3 is 11.9 Å². The van der Waals surface area contributed by atoms with Gasteiger partial charge in [-0.1, -0.05) is 30.3 Å². The van der Waals surface area contributed by atoms with Crippen LogP contribution in [-0.2, 0) is 20.9 Å². The minimum Gasteiger partial charge on any atom is -0.480 e. The summed E-state index contributed by atoms with van der Waals surface area (Å²) in [5, 5.41) is 11.1. The maximum atomic E-state index is 11.3. The average molecular weight is 237 g/mol. The summed E-state index contributed by atoms with van der Waals surface area (Å²) in [7, 11) is 0. The average Bonchev–Trinajstić information content (AvgIpc) is 2.34. The molecule has 1 aromatic rings. The van der Waals surface area contributed by atoms with Crippen LogP contribution in [0.15, 0.2) is 30.3 Å². The van der Waals surface area contributed by atoms with E-state index in [9.17, 15) is 9.59 Å². The summed E-state index contributed by atoms with van der Waals surface area (Å²) in [4.78, 5) is 21.7. The predicted molar refractivity (Wildman–Crippen MR) is 61.3 cm³/mol. The van der Waals surface area contributed by atoms with Crippen LogP contribution in [0.5, 0.6) is 0 Å². The Balaban J connectivity index is 2.24. The lowest BCUT2D eigenvalue weighted by molar-refractivity contribution is -0.144. The summed E-state index contributed by atoms with van der Waals surface area (Å²) < 4.78 is 4.96. The Morgan fingerprint density at radius 2 is 2.00 bits per heavy atom. The zero-order chi connectivity index (χ0) is 12.7. The van der Waals surface area contributed by atoms with Crippen LogP contribution in [0.25, 0.3) is 0 Å². The monoisotopic (exact) mass is 237 g/mol. The summed E-state index contributed by atoms with van der Waals surface area (Å²) >= 11 is 0. The number of benzene rings is 1. The van der Waals surface area contributed by atoms with Gasteiger partial charge in [0.05, 0.1) is 6.54 Å². The van der Waals surface area contributed by atoms with Gasteiger partial charge in [-0.25, -0.2) is 0 Å². The number of carboxylic acids is 1. The summed E-state index contributed by atoms with van der Waals surface area (Å²) in [6.07, 6.45) is 0. The van der Waals surface area contributed by atoms with E-state index in [1.165, 1.54) is 6.92 Å². The van der Waals surface area contributed by atoms with Crippen molar-refractivity contribution in [1.82, 2.24) is 5.32 Å². The third kappa shape index (κ3) is 5.12. The smallest absolute Gasteiger partial charge is 0.320 e. The molecule has 2 N–H and O–H groups in total. The molecule has 1 rings (SSSR count). The second kappa shape index (κ2) is 6.65. The van der Waals surface area contributed by atoms with Crippen molar-refractivity contribution in [3.8, 4) is 0 Å². The molecule has 0 fully saturated rings. The standard InChI is InChI=1S/C12H15NO4/c1-9(12(15)16)13-7-11(14)17-8-10-5-3-2-4-6-10/h2-6,9,13H,7-8H2,1H3,(H,15,16)/t9-/m1/s1. The molecule has 1 atom stereocenters. The molecule has 0 bridgehead atoms. The van der Waals surface area contributed by atoms with Crippen molar-refractivity contribution >= 4 is 11.9 Å². The van der Waals surface area contributed by atoms with Gasteiger partial charge in [0.15, 0.2) is 0 Å². The molecular formula is C12H15NO4. The van der Waals surface area contributed by atoms with Gasteiger partial charge in [0.25, 0.3) is 0 Å². The molecule has 1 aromatic carbocycles. The zero-order valence-electron chi connectivity index (χ0n) is 9.55. The van der Waals surface area contributed by atoms with Gasteiger partial charge in [-0.2, -0.15) is 0 Å². The Hall–Kier alpha value is -1.88. The van der Waals surface area contributed by atoms with E-state index in [1.807, 2.05) is 30.3 Å². The van der Waals surface area contributed by atoms with Gasteiger partial charge in [-0.05, 0) is 12.5 Å². The van der Waals surface area contributed by atoms with Crippen LogP contribution in [0.4, 0.5) is 0 Å². The fourth-order valence-electron chi connectivity index (χ4n) is 1.11. The number of rotatable bonds is 6. The van der Waals surface area contributed by atoms with E-state index in [1.54, 1.807) is 0 Å². The first-order valence-corrected chi connectivity index (χ1v) is 5.25. The molecule has 92 valence electrons. The van der Waals surface area contributed by atoms with Crippen molar-refractivity contribution in [2.24, 2.45) is 0 Å². The second-order valence-electron chi connectivity index (χ2n) is 3.59. The highest BCUT2D eigenvalue weighted by atomic mass is 16.5. The molecule has 0 aromatic heterocycles. The highest BCUT2D eigenvalue weighted by molar-refractivity contribution is 5.75. The Morgan fingerprint density at radius 1 is 1.35 bits per heavy atom. The SMILES string of the molecule is C[C@@H](NCC(=O)OCc1ccccc1)C(=O)O. The molecular weight excluding hydrogens is 222 g/mol. The van der Waals surface area contributed by atoms with Crippen molar-refractivity contribution in [3.63, 3.8) is 0 Å². The van der Waals surface area contributed by atoms with Crippen molar-refractivity contribution in [1.29, 1.82) is 0 Å². The molecule has 0 aliphatic carbocycles. The molecule has 17 heavy (non-hydrogen) atoms. The van der Waals surface area contributed by atoms with Crippen molar-refractivity contribution < 1.29 is 19.4 Å². The van der Waals surface area contributed by atoms with Gasteiger partial charge in [-0.3, -0.25) is 14.9 Å². The number of esters is 1. The third-order valence-corrected chi connectivity index (χ3v) is 2.17. The number of carbonyl (C=O) groups is 2. The minimum atomic E-state index is -0.999. The Bertz CT molecular complexity index is 377. The van der Waals surface area contributed by atoms with Crippen LogP contribution in [0.3, 0.4) is 0 Å².